The molecule has 0 aliphatic heterocycles. The second kappa shape index (κ2) is 6.43. The first-order valence-electron chi connectivity index (χ1n) is 8.28. The Bertz CT molecular complexity index is 955. The number of para-hydroxylation sites is 1. The summed E-state index contributed by atoms with van der Waals surface area (Å²) in [6.45, 7) is 0. The molecular formula is C20H18N2O3. The molecule has 1 aliphatic rings. The smallest absolute Gasteiger partial charge is 0.365 e. The number of oxime groups is 1. The predicted octanol–water partition coefficient (Wildman–Crippen LogP) is 4.07. The van der Waals surface area contributed by atoms with Gasteiger partial charge in [0, 0.05) is 22.2 Å². The van der Waals surface area contributed by atoms with Crippen LogP contribution in [0.15, 0.2) is 53.7 Å². The number of nitrogens with zero attached hydrogens (tertiary/aromatic N) is 1. The highest BCUT2D eigenvalue weighted by atomic mass is 16.7. The van der Waals surface area contributed by atoms with Crippen molar-refractivity contribution in [3.63, 3.8) is 0 Å². The number of carbonyl (C=O) groups excluding carboxylic acids is 1. The van der Waals surface area contributed by atoms with Crippen LogP contribution in [0.4, 0.5) is 0 Å². The summed E-state index contributed by atoms with van der Waals surface area (Å²) >= 11 is 0. The van der Waals surface area contributed by atoms with Crippen LogP contribution in [-0.2, 0) is 11.3 Å². The fourth-order valence-electron chi connectivity index (χ4n) is 3.24. The molecule has 2 aromatic carbocycles. The number of hydrogen-bond acceptors (Lipinski definition) is 4. The minimum atomic E-state index is -0.470. The number of fused-ring (bicyclic) bond motifs is 3. The molecule has 1 N–H and O–H groups in total. The van der Waals surface area contributed by atoms with Crippen molar-refractivity contribution in [2.45, 2.75) is 19.3 Å². The summed E-state index contributed by atoms with van der Waals surface area (Å²) in [7, 11) is 1.58. The van der Waals surface area contributed by atoms with Gasteiger partial charge in [0.2, 0.25) is 0 Å². The van der Waals surface area contributed by atoms with E-state index in [1.54, 1.807) is 31.4 Å². The van der Waals surface area contributed by atoms with E-state index in [1.807, 2.05) is 12.1 Å². The van der Waals surface area contributed by atoms with E-state index in [9.17, 15) is 4.79 Å². The molecule has 1 aromatic heterocycles. The molecule has 0 radical (unpaired) electrons. The van der Waals surface area contributed by atoms with Gasteiger partial charge in [-0.3, -0.25) is 0 Å². The van der Waals surface area contributed by atoms with Gasteiger partial charge in [0.05, 0.1) is 18.4 Å². The summed E-state index contributed by atoms with van der Waals surface area (Å²) in [6.07, 6.45) is 2.76. The van der Waals surface area contributed by atoms with E-state index >= 15 is 0 Å². The Labute approximate surface area is 145 Å². The van der Waals surface area contributed by atoms with E-state index in [4.69, 9.17) is 9.57 Å². The van der Waals surface area contributed by atoms with Crippen molar-refractivity contribution < 1.29 is 14.4 Å². The molecule has 0 saturated heterocycles. The topological polar surface area (TPSA) is 63.7 Å². The summed E-state index contributed by atoms with van der Waals surface area (Å²) in [4.78, 5) is 20.9. The van der Waals surface area contributed by atoms with Crippen molar-refractivity contribution in [1.82, 2.24) is 4.98 Å². The molecule has 126 valence electrons. The van der Waals surface area contributed by atoms with E-state index in [0.717, 1.165) is 47.1 Å². The van der Waals surface area contributed by atoms with Crippen molar-refractivity contribution in [3.05, 3.63) is 65.4 Å². The number of rotatable bonds is 3. The summed E-state index contributed by atoms with van der Waals surface area (Å²) in [6, 6.07) is 14.9. The Kier molecular flexibility index (Phi) is 3.98. The molecule has 1 aliphatic carbocycles. The number of hydrogen-bond donors (Lipinski definition) is 1. The lowest BCUT2D eigenvalue weighted by Gasteiger charge is -2.13. The Morgan fingerprint density at radius 2 is 1.88 bits per heavy atom. The third-order valence-electron chi connectivity index (χ3n) is 4.48. The molecule has 5 heteroatoms. The van der Waals surface area contributed by atoms with Gasteiger partial charge in [-0.15, -0.1) is 0 Å². The number of carbonyl (C=O) groups is 1. The van der Waals surface area contributed by atoms with Crippen LogP contribution in [-0.4, -0.2) is 23.8 Å². The molecule has 0 bridgehead atoms. The molecule has 0 amide bonds. The second-order valence-electron chi connectivity index (χ2n) is 6.02. The SMILES string of the molecule is COc1ccc(C(=O)ON=C2CCCc3[nH]c4ccccc4c32)cc1. The first kappa shape index (κ1) is 15.4. The monoisotopic (exact) mass is 334 g/mol. The maximum absolute atomic E-state index is 12.2. The van der Waals surface area contributed by atoms with E-state index < -0.39 is 5.97 Å². The number of nitrogens with one attached hydrogen (secondary N) is 1. The minimum Gasteiger partial charge on any atom is -0.497 e. The van der Waals surface area contributed by atoms with Gasteiger partial charge in [-0.05, 0) is 49.6 Å². The largest absolute Gasteiger partial charge is 0.497 e. The molecule has 1 heterocycles. The first-order chi connectivity index (χ1) is 12.3. The average Bonchev–Trinajstić information content (AvgIpc) is 3.05. The van der Waals surface area contributed by atoms with Gasteiger partial charge < -0.3 is 14.6 Å². The second-order valence-corrected chi connectivity index (χ2v) is 6.02. The van der Waals surface area contributed by atoms with Crippen molar-refractivity contribution in [2.24, 2.45) is 5.16 Å². The summed E-state index contributed by atoms with van der Waals surface area (Å²) in [5.74, 6) is 0.223. The first-order valence-corrected chi connectivity index (χ1v) is 8.28. The molecule has 0 atom stereocenters. The van der Waals surface area contributed by atoms with Crippen LogP contribution in [0, 0.1) is 0 Å². The maximum Gasteiger partial charge on any atom is 0.365 e. The van der Waals surface area contributed by atoms with Gasteiger partial charge in [0.25, 0.3) is 0 Å². The zero-order chi connectivity index (χ0) is 17.2. The highest BCUT2D eigenvalue weighted by Gasteiger charge is 2.21. The lowest BCUT2D eigenvalue weighted by atomic mass is 9.94. The number of ether oxygens (including phenoxy) is 1. The van der Waals surface area contributed by atoms with Crippen molar-refractivity contribution in [2.75, 3.05) is 7.11 Å². The highest BCUT2D eigenvalue weighted by Crippen LogP contribution is 2.29. The molecule has 0 spiro atoms. The summed E-state index contributed by atoms with van der Waals surface area (Å²) in [5.41, 5.74) is 4.58. The molecule has 3 aromatic rings. The number of benzene rings is 2. The van der Waals surface area contributed by atoms with Gasteiger partial charge in [-0.2, -0.15) is 0 Å². The Hall–Kier alpha value is -3.08. The predicted molar refractivity (Wildman–Crippen MR) is 96.2 cm³/mol. The number of methoxy groups -OCH3 is 1. The van der Waals surface area contributed by atoms with Gasteiger partial charge in [-0.25, -0.2) is 4.79 Å². The van der Waals surface area contributed by atoms with Gasteiger partial charge in [0.1, 0.15) is 5.75 Å². The third kappa shape index (κ3) is 2.89. The van der Waals surface area contributed by atoms with Crippen LogP contribution in [0.1, 0.15) is 34.5 Å². The Morgan fingerprint density at radius 1 is 1.08 bits per heavy atom. The molecule has 4 rings (SSSR count). The lowest BCUT2D eigenvalue weighted by Crippen LogP contribution is -2.12. The van der Waals surface area contributed by atoms with E-state index in [1.165, 1.54) is 0 Å². The number of aromatic amines is 1. The van der Waals surface area contributed by atoms with Gasteiger partial charge >= 0.3 is 5.97 Å². The van der Waals surface area contributed by atoms with Crippen molar-refractivity contribution in [3.8, 4) is 5.75 Å². The van der Waals surface area contributed by atoms with Gasteiger partial charge in [-0.1, -0.05) is 23.4 Å². The summed E-state index contributed by atoms with van der Waals surface area (Å²) in [5, 5.41) is 5.30. The van der Waals surface area contributed by atoms with Gasteiger partial charge in [0.15, 0.2) is 0 Å². The van der Waals surface area contributed by atoms with Crippen LogP contribution >= 0.6 is 0 Å². The van der Waals surface area contributed by atoms with Crippen LogP contribution < -0.4 is 4.74 Å². The fraction of sp³-hybridized carbons (Fsp3) is 0.200. The Morgan fingerprint density at radius 3 is 2.68 bits per heavy atom. The number of H-pyrrole nitrogens is 1. The normalized spacial score (nSPS) is 15.2. The standard InChI is InChI=1S/C20H18N2O3/c1-24-14-11-9-13(10-12-14)20(23)25-22-18-8-4-7-17-19(18)15-5-2-3-6-16(15)21-17/h2-3,5-6,9-12,21H,4,7-8H2,1H3. The van der Waals surface area contributed by atoms with Crippen LogP contribution in [0.5, 0.6) is 5.75 Å². The average molecular weight is 334 g/mol. The number of aryl methyl sites for hydroxylation is 1. The van der Waals surface area contributed by atoms with E-state index in [-0.39, 0.29) is 0 Å². The summed E-state index contributed by atoms with van der Waals surface area (Å²) < 4.78 is 5.09. The Balaban J connectivity index is 1.61. The minimum absolute atomic E-state index is 0.445. The van der Waals surface area contributed by atoms with Crippen molar-refractivity contribution in [1.29, 1.82) is 0 Å². The maximum atomic E-state index is 12.2. The zero-order valence-corrected chi connectivity index (χ0v) is 13.9. The molecular weight excluding hydrogens is 316 g/mol. The van der Waals surface area contributed by atoms with E-state index in [2.05, 4.69) is 22.3 Å². The van der Waals surface area contributed by atoms with Crippen LogP contribution in [0.2, 0.25) is 0 Å². The highest BCUT2D eigenvalue weighted by molar-refractivity contribution is 6.12. The van der Waals surface area contributed by atoms with Crippen molar-refractivity contribution >= 4 is 22.6 Å². The van der Waals surface area contributed by atoms with Crippen LogP contribution in [0.25, 0.3) is 10.9 Å². The lowest BCUT2D eigenvalue weighted by molar-refractivity contribution is 0.0515. The molecule has 25 heavy (non-hydrogen) atoms. The molecule has 5 nitrogen and oxygen atoms in total. The zero-order valence-electron chi connectivity index (χ0n) is 13.9. The fourth-order valence-corrected chi connectivity index (χ4v) is 3.24. The quantitative estimate of drug-likeness (QED) is 0.580. The van der Waals surface area contributed by atoms with Crippen LogP contribution in [0.3, 0.4) is 0 Å². The number of aromatic nitrogens is 1. The van der Waals surface area contributed by atoms with E-state index in [0.29, 0.717) is 11.3 Å². The molecule has 0 saturated carbocycles. The third-order valence-corrected chi connectivity index (χ3v) is 4.48. The molecule has 0 unspecified atom stereocenters. The molecule has 0 fully saturated rings.